The molecule has 1 saturated heterocycles. The molecule has 0 amide bonds. The molecule has 0 aliphatic carbocycles. The van der Waals surface area contributed by atoms with Gasteiger partial charge in [-0.25, -0.2) is 4.98 Å². The van der Waals surface area contributed by atoms with Crippen LogP contribution >= 0.6 is 11.3 Å². The van der Waals surface area contributed by atoms with Crippen molar-refractivity contribution < 1.29 is 14.0 Å². The topological polar surface area (TPSA) is 51.7 Å². The van der Waals surface area contributed by atoms with E-state index < -0.39 is 8.32 Å². The Balaban J connectivity index is 2.04. The smallest absolute Gasteiger partial charge is 0.192 e. The van der Waals surface area contributed by atoms with E-state index in [0.717, 1.165) is 42.7 Å². The molecule has 164 valence electrons. The maximum Gasteiger partial charge on any atom is 0.192 e. The molecule has 0 unspecified atom stereocenters. The first-order chi connectivity index (χ1) is 13.4. The van der Waals surface area contributed by atoms with Crippen LogP contribution in [0.25, 0.3) is 6.08 Å². The van der Waals surface area contributed by atoms with E-state index in [-0.39, 0.29) is 23.2 Å². The molecule has 0 saturated carbocycles. The fraction of sp³-hybridized carbons (Fsp3) is 0.739. The summed E-state index contributed by atoms with van der Waals surface area (Å²) in [6, 6.07) is 0. The molecule has 0 bridgehead atoms. The van der Waals surface area contributed by atoms with Crippen LogP contribution < -0.4 is 0 Å². The van der Waals surface area contributed by atoms with E-state index in [1.807, 2.05) is 13.8 Å². The molecule has 2 rings (SSSR count). The Hall–Kier alpha value is -0.823. The van der Waals surface area contributed by atoms with Crippen molar-refractivity contribution in [3.05, 3.63) is 21.7 Å². The number of hydrogen-bond donors (Lipinski definition) is 0. The number of carbonyl (C=O) groups is 1. The van der Waals surface area contributed by atoms with Gasteiger partial charge in [0.15, 0.2) is 8.32 Å². The predicted octanol–water partition coefficient (Wildman–Crippen LogP) is 6.41. The van der Waals surface area contributed by atoms with Gasteiger partial charge in [0.1, 0.15) is 6.29 Å². The van der Waals surface area contributed by atoms with E-state index >= 15 is 0 Å². The Labute approximate surface area is 182 Å². The summed E-state index contributed by atoms with van der Waals surface area (Å²) >= 11 is 1.68. The number of carbonyl (C=O) groups excluding carboxylic acids is 1. The summed E-state index contributed by atoms with van der Waals surface area (Å²) in [5, 5.41) is 3.35. The number of nitrogens with zero attached hydrogens (tertiary/aromatic N) is 1. The zero-order valence-corrected chi connectivity index (χ0v) is 21.3. The molecule has 1 aromatic heterocycles. The number of aromatic nitrogens is 1. The molecule has 1 aromatic rings. The van der Waals surface area contributed by atoms with Crippen molar-refractivity contribution >= 4 is 32.0 Å². The van der Waals surface area contributed by atoms with Gasteiger partial charge < -0.3 is 14.0 Å². The van der Waals surface area contributed by atoms with Crippen LogP contribution in [0.4, 0.5) is 0 Å². The fourth-order valence-corrected chi connectivity index (χ4v) is 5.11. The number of epoxide rings is 1. The average Bonchev–Trinajstić information content (AvgIpc) is 3.22. The van der Waals surface area contributed by atoms with Gasteiger partial charge in [0.25, 0.3) is 0 Å². The molecular formula is C23H39NO3SSi. The summed E-state index contributed by atoms with van der Waals surface area (Å²) in [6.45, 7) is 17.6. The lowest BCUT2D eigenvalue weighted by atomic mass is 10.0. The van der Waals surface area contributed by atoms with Crippen molar-refractivity contribution in [3.8, 4) is 0 Å². The minimum absolute atomic E-state index is 0.0572. The van der Waals surface area contributed by atoms with Crippen LogP contribution in [-0.2, 0) is 14.0 Å². The monoisotopic (exact) mass is 437 g/mol. The first kappa shape index (κ1) is 24.4. The summed E-state index contributed by atoms with van der Waals surface area (Å²) in [6.07, 6.45) is 7.76. The first-order valence-corrected chi connectivity index (χ1v) is 14.6. The number of ether oxygens (including phenoxy) is 1. The normalized spacial score (nSPS) is 22.4. The lowest BCUT2D eigenvalue weighted by Gasteiger charge is -2.39. The van der Waals surface area contributed by atoms with Gasteiger partial charge in [0, 0.05) is 17.7 Å². The molecule has 4 atom stereocenters. The summed E-state index contributed by atoms with van der Waals surface area (Å²) in [7, 11) is -1.90. The summed E-state index contributed by atoms with van der Waals surface area (Å²) in [5.41, 5.74) is 2.24. The van der Waals surface area contributed by atoms with Crippen molar-refractivity contribution in [1.82, 2.24) is 4.98 Å². The fourth-order valence-electron chi connectivity index (χ4n) is 3.19. The molecule has 6 heteroatoms. The van der Waals surface area contributed by atoms with Crippen LogP contribution in [-0.4, -0.2) is 37.9 Å². The molecule has 1 aliphatic heterocycles. The summed E-state index contributed by atoms with van der Waals surface area (Å²) in [4.78, 5) is 15.4. The van der Waals surface area contributed by atoms with Crippen molar-refractivity contribution in [2.24, 2.45) is 5.92 Å². The van der Waals surface area contributed by atoms with E-state index in [4.69, 9.17) is 9.16 Å². The number of hydrogen-bond acceptors (Lipinski definition) is 5. The van der Waals surface area contributed by atoms with Gasteiger partial charge in [-0.2, -0.15) is 0 Å². The summed E-state index contributed by atoms with van der Waals surface area (Å²) in [5.74, 6) is 0.147. The second kappa shape index (κ2) is 9.99. The highest BCUT2D eigenvalue weighted by atomic mass is 32.1. The van der Waals surface area contributed by atoms with Gasteiger partial charge in [-0.05, 0) is 56.5 Å². The maximum atomic E-state index is 10.8. The lowest BCUT2D eigenvalue weighted by Crippen LogP contribution is -2.44. The highest BCUT2D eigenvalue weighted by Crippen LogP contribution is 2.40. The lowest BCUT2D eigenvalue weighted by molar-refractivity contribution is -0.110. The number of aryl methyl sites for hydroxylation is 1. The van der Waals surface area contributed by atoms with E-state index in [9.17, 15) is 4.79 Å². The van der Waals surface area contributed by atoms with E-state index in [1.54, 1.807) is 11.3 Å². The van der Waals surface area contributed by atoms with E-state index in [1.165, 1.54) is 5.57 Å². The second-order valence-corrected chi connectivity index (χ2v) is 15.9. The molecule has 0 aromatic carbocycles. The van der Waals surface area contributed by atoms with Crippen molar-refractivity contribution in [2.75, 3.05) is 0 Å². The van der Waals surface area contributed by atoms with Gasteiger partial charge in [0.2, 0.25) is 0 Å². The third-order valence-corrected chi connectivity index (χ3v) is 11.6. The van der Waals surface area contributed by atoms with E-state index in [0.29, 0.717) is 6.10 Å². The Bertz CT molecular complexity index is 707. The highest BCUT2D eigenvalue weighted by molar-refractivity contribution is 7.09. The predicted molar refractivity (Wildman–Crippen MR) is 125 cm³/mol. The van der Waals surface area contributed by atoms with Crippen LogP contribution in [0.3, 0.4) is 0 Å². The van der Waals surface area contributed by atoms with Crippen LogP contribution in [0, 0.1) is 12.8 Å². The molecule has 1 aliphatic rings. The van der Waals surface area contributed by atoms with E-state index in [2.05, 4.69) is 57.2 Å². The van der Waals surface area contributed by atoms with Gasteiger partial charge >= 0.3 is 0 Å². The van der Waals surface area contributed by atoms with Gasteiger partial charge in [0.05, 0.1) is 29.0 Å². The SMILES string of the molecule is C/C(=C\c1csc(C)n1)[C@H](C[C@@H]1O[C@@H]1CCC[C@H](C)C=O)O[Si](C)(C)C(C)(C)C. The van der Waals surface area contributed by atoms with Gasteiger partial charge in [-0.3, -0.25) is 0 Å². The molecule has 29 heavy (non-hydrogen) atoms. The number of aldehydes is 1. The molecular weight excluding hydrogens is 398 g/mol. The summed E-state index contributed by atoms with van der Waals surface area (Å²) < 4.78 is 12.8. The number of rotatable bonds is 11. The van der Waals surface area contributed by atoms with Crippen LogP contribution in [0.2, 0.25) is 18.1 Å². The van der Waals surface area contributed by atoms with Crippen molar-refractivity contribution in [1.29, 1.82) is 0 Å². The van der Waals surface area contributed by atoms with Gasteiger partial charge in [-0.15, -0.1) is 11.3 Å². The quantitative estimate of drug-likeness (QED) is 0.228. The van der Waals surface area contributed by atoms with Crippen molar-refractivity contribution in [2.45, 2.75) is 104 Å². The second-order valence-electron chi connectivity index (χ2n) is 10.0. The average molecular weight is 438 g/mol. The Morgan fingerprint density at radius 1 is 1.38 bits per heavy atom. The van der Waals surface area contributed by atoms with Crippen LogP contribution in [0.15, 0.2) is 11.0 Å². The maximum absolute atomic E-state index is 10.8. The number of thiazole rings is 1. The third kappa shape index (κ3) is 7.42. The largest absolute Gasteiger partial charge is 0.410 e. The zero-order valence-electron chi connectivity index (χ0n) is 19.5. The van der Waals surface area contributed by atoms with Crippen molar-refractivity contribution in [3.63, 3.8) is 0 Å². The first-order valence-electron chi connectivity index (χ1n) is 10.8. The van der Waals surface area contributed by atoms with Crippen LogP contribution in [0.1, 0.15) is 71.0 Å². The Morgan fingerprint density at radius 3 is 2.62 bits per heavy atom. The minimum atomic E-state index is -1.90. The molecule has 1 fully saturated rings. The Kier molecular flexibility index (Phi) is 8.42. The molecule has 2 heterocycles. The Morgan fingerprint density at radius 2 is 2.07 bits per heavy atom. The zero-order chi connectivity index (χ0) is 21.8. The molecule has 0 spiro atoms. The minimum Gasteiger partial charge on any atom is -0.410 e. The van der Waals surface area contributed by atoms with Crippen LogP contribution in [0.5, 0.6) is 0 Å². The standard InChI is InChI=1S/C23H39NO3SSi/c1-16(14-25)10-9-11-20-22(26-20)13-21(27-29(7,8)23(4,5)6)17(2)12-19-15-28-18(3)24-19/h12,14-16,20-22H,9-11,13H2,1-8H3/b17-12+/t16-,20+,21-,22-/m0/s1. The molecule has 0 N–H and O–H groups in total. The van der Waals surface area contributed by atoms with Gasteiger partial charge in [-0.1, -0.05) is 34.1 Å². The molecule has 0 radical (unpaired) electrons. The molecule has 4 nitrogen and oxygen atoms in total. The highest BCUT2D eigenvalue weighted by Gasteiger charge is 2.44. The third-order valence-electron chi connectivity index (χ3n) is 6.28.